The van der Waals surface area contributed by atoms with Gasteiger partial charge in [0, 0.05) is 0 Å². The van der Waals surface area contributed by atoms with Crippen molar-refractivity contribution < 1.29 is 22.4 Å². The molecule has 0 spiro atoms. The third-order valence-electron chi connectivity index (χ3n) is 3.54. The maximum absolute atomic E-state index is 12.0. The van der Waals surface area contributed by atoms with Gasteiger partial charge in [0.1, 0.15) is 6.61 Å². The number of nitrogens with zero attached hydrogens (tertiary/aromatic N) is 1. The summed E-state index contributed by atoms with van der Waals surface area (Å²) in [7, 11) is -3.82. The number of fused-ring (bicyclic) bond motifs is 1. The average Bonchev–Trinajstić information content (AvgIpc) is 2.90. The molecule has 130 valence electrons. The number of sulfonamides is 1. The van der Waals surface area contributed by atoms with Crippen LogP contribution in [0.25, 0.3) is 11.1 Å². The topological polar surface area (TPSA) is 122 Å². The quantitative estimate of drug-likeness (QED) is 0.678. The van der Waals surface area contributed by atoms with Gasteiger partial charge in [-0.25, -0.2) is 23.1 Å². The summed E-state index contributed by atoms with van der Waals surface area (Å²) in [5.74, 6) is -1.17. The summed E-state index contributed by atoms with van der Waals surface area (Å²) in [6.45, 7) is 0.0933. The van der Waals surface area contributed by atoms with Crippen LogP contribution in [0, 0.1) is 0 Å². The van der Waals surface area contributed by atoms with E-state index in [0.29, 0.717) is 11.1 Å². The van der Waals surface area contributed by atoms with Gasteiger partial charge in [-0.15, -0.1) is 0 Å². The van der Waals surface area contributed by atoms with Crippen LogP contribution in [0.1, 0.15) is 10.4 Å². The highest BCUT2D eigenvalue weighted by Crippen LogP contribution is 2.12. The van der Waals surface area contributed by atoms with Crippen LogP contribution in [0.5, 0.6) is 0 Å². The number of carbonyl (C=O) groups excluding carboxylic acids is 1. The Morgan fingerprint density at radius 2 is 1.80 bits per heavy atom. The van der Waals surface area contributed by atoms with Crippen molar-refractivity contribution in [3.63, 3.8) is 0 Å². The molecule has 1 heterocycles. The van der Waals surface area contributed by atoms with Gasteiger partial charge in [-0.05, 0) is 36.4 Å². The molecule has 8 nitrogen and oxygen atoms in total. The molecule has 0 aliphatic rings. The number of aromatic nitrogens is 1. The number of rotatable bonds is 5. The molecule has 0 bridgehead atoms. The Labute approximate surface area is 142 Å². The molecule has 0 unspecified atom stereocenters. The zero-order chi connectivity index (χ0) is 18.0. The summed E-state index contributed by atoms with van der Waals surface area (Å²) in [5, 5.41) is 4.99. The van der Waals surface area contributed by atoms with Crippen molar-refractivity contribution in [1.82, 2.24) is 4.57 Å². The van der Waals surface area contributed by atoms with Crippen LogP contribution in [0.4, 0.5) is 0 Å². The maximum Gasteiger partial charge on any atom is 0.420 e. The smallest absolute Gasteiger partial charge is 0.420 e. The molecule has 25 heavy (non-hydrogen) atoms. The molecule has 3 rings (SSSR count). The minimum Gasteiger partial charge on any atom is -0.460 e. The van der Waals surface area contributed by atoms with Crippen LogP contribution in [-0.4, -0.2) is 25.6 Å². The Morgan fingerprint density at radius 1 is 1.12 bits per heavy atom. The first kappa shape index (κ1) is 16.9. The number of benzene rings is 2. The molecule has 2 aromatic carbocycles. The third kappa shape index (κ3) is 3.62. The fourth-order valence-corrected chi connectivity index (χ4v) is 2.83. The second-order valence-electron chi connectivity index (χ2n) is 5.19. The summed E-state index contributed by atoms with van der Waals surface area (Å²) >= 11 is 0. The van der Waals surface area contributed by atoms with Crippen LogP contribution in [0.15, 0.2) is 62.6 Å². The highest BCUT2D eigenvalue weighted by Gasteiger charge is 2.12. The van der Waals surface area contributed by atoms with Crippen molar-refractivity contribution in [2.45, 2.75) is 11.4 Å². The molecule has 0 aliphatic heterocycles. The van der Waals surface area contributed by atoms with E-state index in [-0.39, 0.29) is 23.6 Å². The first-order valence-corrected chi connectivity index (χ1v) is 8.79. The van der Waals surface area contributed by atoms with Crippen molar-refractivity contribution in [1.29, 1.82) is 0 Å². The number of carbonyl (C=O) groups is 1. The molecule has 2 N–H and O–H groups in total. The fourth-order valence-electron chi connectivity index (χ4n) is 2.32. The minimum absolute atomic E-state index is 0.0425. The van der Waals surface area contributed by atoms with Gasteiger partial charge in [0.15, 0.2) is 5.58 Å². The van der Waals surface area contributed by atoms with Crippen LogP contribution in [0.3, 0.4) is 0 Å². The van der Waals surface area contributed by atoms with Gasteiger partial charge < -0.3 is 9.15 Å². The molecule has 0 saturated heterocycles. The number of para-hydroxylation sites is 2. The molecule has 0 atom stereocenters. The Morgan fingerprint density at radius 3 is 2.48 bits per heavy atom. The summed E-state index contributed by atoms with van der Waals surface area (Å²) in [6, 6.07) is 12.0. The van der Waals surface area contributed by atoms with Crippen molar-refractivity contribution in [2.75, 3.05) is 6.61 Å². The molecule has 0 aliphatic carbocycles. The second kappa shape index (κ2) is 6.54. The predicted octanol–water partition coefficient (Wildman–Crippen LogP) is 1.10. The standard InChI is InChI=1S/C16H14N2O6S/c17-25(21,22)12-7-5-11(6-8-12)15(19)23-10-9-18-13-3-1-2-4-14(13)24-16(18)20/h1-8H,9-10H2,(H2,17,21,22). The van der Waals surface area contributed by atoms with Crippen LogP contribution in [0.2, 0.25) is 0 Å². The molecule has 0 fully saturated rings. The Bertz CT molecular complexity index is 1080. The zero-order valence-electron chi connectivity index (χ0n) is 12.9. The molecular formula is C16H14N2O6S. The Hall–Kier alpha value is -2.91. The van der Waals surface area contributed by atoms with E-state index in [4.69, 9.17) is 14.3 Å². The lowest BCUT2D eigenvalue weighted by atomic mass is 10.2. The van der Waals surface area contributed by atoms with Gasteiger partial charge in [0.05, 0.1) is 22.5 Å². The zero-order valence-corrected chi connectivity index (χ0v) is 13.7. The number of hydrogen-bond acceptors (Lipinski definition) is 6. The van der Waals surface area contributed by atoms with Crippen LogP contribution >= 0.6 is 0 Å². The SMILES string of the molecule is NS(=O)(=O)c1ccc(C(=O)OCCn2c(=O)oc3ccccc32)cc1. The summed E-state index contributed by atoms with van der Waals surface area (Å²) in [5.41, 5.74) is 1.25. The van der Waals surface area contributed by atoms with E-state index in [2.05, 4.69) is 0 Å². The van der Waals surface area contributed by atoms with E-state index in [9.17, 15) is 18.0 Å². The summed E-state index contributed by atoms with van der Waals surface area (Å²) in [6.07, 6.45) is 0. The first-order valence-electron chi connectivity index (χ1n) is 7.24. The van der Waals surface area contributed by atoms with Gasteiger partial charge in [0.2, 0.25) is 10.0 Å². The van der Waals surface area contributed by atoms with Gasteiger partial charge in [0.25, 0.3) is 0 Å². The Balaban J connectivity index is 1.66. The Kier molecular flexibility index (Phi) is 4.43. The van der Waals surface area contributed by atoms with E-state index < -0.39 is 21.7 Å². The van der Waals surface area contributed by atoms with Crippen molar-refractivity contribution >= 4 is 27.1 Å². The normalized spacial score (nSPS) is 11.6. The van der Waals surface area contributed by atoms with Crippen LogP contribution in [-0.2, 0) is 21.3 Å². The number of nitrogens with two attached hydrogens (primary N) is 1. The van der Waals surface area contributed by atoms with Gasteiger partial charge >= 0.3 is 11.7 Å². The van der Waals surface area contributed by atoms with Crippen molar-refractivity contribution in [3.8, 4) is 0 Å². The number of primary sulfonamides is 1. The van der Waals surface area contributed by atoms with Crippen molar-refractivity contribution in [3.05, 3.63) is 64.6 Å². The molecular weight excluding hydrogens is 348 g/mol. The summed E-state index contributed by atoms with van der Waals surface area (Å²) in [4.78, 5) is 23.7. The van der Waals surface area contributed by atoms with E-state index in [1.54, 1.807) is 24.3 Å². The lowest BCUT2D eigenvalue weighted by Crippen LogP contribution is -2.19. The average molecular weight is 362 g/mol. The van der Waals surface area contributed by atoms with E-state index in [1.807, 2.05) is 0 Å². The number of oxazole rings is 1. The highest BCUT2D eigenvalue weighted by molar-refractivity contribution is 7.89. The molecule has 0 saturated carbocycles. The number of hydrogen-bond donors (Lipinski definition) is 1. The molecule has 0 amide bonds. The predicted molar refractivity (Wildman–Crippen MR) is 88.6 cm³/mol. The third-order valence-corrected chi connectivity index (χ3v) is 4.47. The monoisotopic (exact) mass is 362 g/mol. The van der Waals surface area contributed by atoms with Gasteiger partial charge in [-0.1, -0.05) is 12.1 Å². The van der Waals surface area contributed by atoms with E-state index >= 15 is 0 Å². The first-order chi connectivity index (χ1) is 11.9. The number of esters is 1. The molecule has 9 heteroatoms. The molecule has 0 radical (unpaired) electrons. The van der Waals surface area contributed by atoms with Gasteiger partial charge in [-0.2, -0.15) is 0 Å². The van der Waals surface area contributed by atoms with Crippen molar-refractivity contribution in [2.24, 2.45) is 5.14 Å². The summed E-state index contributed by atoms with van der Waals surface area (Å²) < 4.78 is 33.9. The second-order valence-corrected chi connectivity index (χ2v) is 6.75. The minimum atomic E-state index is -3.82. The fraction of sp³-hybridized carbons (Fsp3) is 0.125. The van der Waals surface area contributed by atoms with Gasteiger partial charge in [-0.3, -0.25) is 4.57 Å². The van der Waals surface area contributed by atoms with Crippen LogP contribution < -0.4 is 10.9 Å². The lowest BCUT2D eigenvalue weighted by molar-refractivity contribution is 0.0490. The maximum atomic E-state index is 12.0. The molecule has 3 aromatic rings. The molecule has 1 aromatic heterocycles. The van der Waals surface area contributed by atoms with E-state index in [1.165, 1.54) is 28.8 Å². The highest BCUT2D eigenvalue weighted by atomic mass is 32.2. The largest absolute Gasteiger partial charge is 0.460 e. The lowest BCUT2D eigenvalue weighted by Gasteiger charge is -2.06. The number of ether oxygens (including phenoxy) is 1. The van der Waals surface area contributed by atoms with E-state index in [0.717, 1.165) is 0 Å².